The summed E-state index contributed by atoms with van der Waals surface area (Å²) >= 11 is 0. The van der Waals surface area contributed by atoms with Gasteiger partial charge in [-0.2, -0.15) is 0 Å². The van der Waals surface area contributed by atoms with Crippen LogP contribution in [0.3, 0.4) is 0 Å². The maximum absolute atomic E-state index is 5.23. The summed E-state index contributed by atoms with van der Waals surface area (Å²) in [5.74, 6) is 0. The van der Waals surface area contributed by atoms with E-state index in [2.05, 4.69) is 19.2 Å². The molecule has 13 heavy (non-hydrogen) atoms. The second-order valence-corrected chi connectivity index (χ2v) is 3.19. The molecule has 0 fully saturated rings. The van der Waals surface area contributed by atoms with E-state index in [4.69, 9.17) is 9.47 Å². The van der Waals surface area contributed by atoms with E-state index in [1.165, 1.54) is 0 Å². The minimum atomic E-state index is -0.119. The summed E-state index contributed by atoms with van der Waals surface area (Å²) in [6, 6.07) is 0.319. The lowest BCUT2D eigenvalue weighted by atomic mass is 10.1. The van der Waals surface area contributed by atoms with Crippen LogP contribution < -0.4 is 5.32 Å². The highest BCUT2D eigenvalue weighted by molar-refractivity contribution is 4.69. The summed E-state index contributed by atoms with van der Waals surface area (Å²) in [7, 11) is 3.37. The van der Waals surface area contributed by atoms with Gasteiger partial charge in [0.15, 0.2) is 6.29 Å². The van der Waals surface area contributed by atoms with Crippen LogP contribution >= 0.6 is 0 Å². The average molecular weight is 189 g/mol. The first kappa shape index (κ1) is 12.9. The molecule has 1 unspecified atom stereocenters. The first-order valence-corrected chi connectivity index (χ1v) is 5.09. The summed E-state index contributed by atoms with van der Waals surface area (Å²) in [4.78, 5) is 0. The van der Waals surface area contributed by atoms with Crippen molar-refractivity contribution in [3.05, 3.63) is 0 Å². The average Bonchev–Trinajstić information content (AvgIpc) is 2.16. The number of hydrogen-bond acceptors (Lipinski definition) is 3. The van der Waals surface area contributed by atoms with E-state index >= 15 is 0 Å². The minimum absolute atomic E-state index is 0.119. The van der Waals surface area contributed by atoms with Crippen molar-refractivity contribution < 1.29 is 9.47 Å². The van der Waals surface area contributed by atoms with Crippen molar-refractivity contribution in [3.63, 3.8) is 0 Å². The molecule has 1 atom stereocenters. The van der Waals surface area contributed by atoms with Gasteiger partial charge in [0.1, 0.15) is 0 Å². The summed E-state index contributed by atoms with van der Waals surface area (Å²) < 4.78 is 10.5. The highest BCUT2D eigenvalue weighted by Gasteiger charge is 2.18. The van der Waals surface area contributed by atoms with Gasteiger partial charge in [-0.15, -0.1) is 0 Å². The predicted octanol–water partition coefficient (Wildman–Crippen LogP) is 1.77. The van der Waals surface area contributed by atoms with Crippen LogP contribution in [0.1, 0.15) is 33.1 Å². The van der Waals surface area contributed by atoms with Crippen molar-refractivity contribution in [2.24, 2.45) is 0 Å². The quantitative estimate of drug-likeness (QED) is 0.590. The van der Waals surface area contributed by atoms with Crippen molar-refractivity contribution in [3.8, 4) is 0 Å². The van der Waals surface area contributed by atoms with Crippen LogP contribution in [-0.2, 0) is 9.47 Å². The van der Waals surface area contributed by atoms with Crippen molar-refractivity contribution in [2.45, 2.75) is 45.4 Å². The van der Waals surface area contributed by atoms with Gasteiger partial charge in [0.2, 0.25) is 0 Å². The SMILES string of the molecule is CCCNC(CCC)C(OC)OC. The molecule has 0 aliphatic carbocycles. The largest absolute Gasteiger partial charge is 0.354 e. The number of hydrogen-bond donors (Lipinski definition) is 1. The van der Waals surface area contributed by atoms with Crippen LogP contribution in [-0.4, -0.2) is 33.1 Å². The molecule has 3 nitrogen and oxygen atoms in total. The Hall–Kier alpha value is -0.120. The Morgan fingerprint density at radius 3 is 2.08 bits per heavy atom. The molecule has 3 heteroatoms. The fourth-order valence-electron chi connectivity index (χ4n) is 1.40. The van der Waals surface area contributed by atoms with E-state index in [1.807, 2.05) is 0 Å². The maximum atomic E-state index is 5.23. The van der Waals surface area contributed by atoms with E-state index in [0.29, 0.717) is 6.04 Å². The molecule has 0 rings (SSSR count). The summed E-state index contributed by atoms with van der Waals surface area (Å²) in [5, 5.41) is 3.42. The maximum Gasteiger partial charge on any atom is 0.171 e. The summed E-state index contributed by atoms with van der Waals surface area (Å²) in [6.07, 6.45) is 3.25. The standard InChI is InChI=1S/C10H23NO2/c1-5-7-9(11-8-6-2)10(12-3)13-4/h9-11H,5-8H2,1-4H3. The predicted molar refractivity (Wildman–Crippen MR) is 54.8 cm³/mol. The van der Waals surface area contributed by atoms with Gasteiger partial charge in [0.25, 0.3) is 0 Å². The molecule has 0 saturated carbocycles. The van der Waals surface area contributed by atoms with E-state index < -0.39 is 0 Å². The molecule has 0 aromatic rings. The van der Waals surface area contributed by atoms with Gasteiger partial charge in [0.05, 0.1) is 6.04 Å². The summed E-state index contributed by atoms with van der Waals surface area (Å²) in [6.45, 7) is 5.35. The Balaban J connectivity index is 3.88. The van der Waals surface area contributed by atoms with Gasteiger partial charge in [-0.25, -0.2) is 0 Å². The number of nitrogens with one attached hydrogen (secondary N) is 1. The van der Waals surface area contributed by atoms with Gasteiger partial charge in [-0.05, 0) is 19.4 Å². The topological polar surface area (TPSA) is 30.5 Å². The number of methoxy groups -OCH3 is 2. The second-order valence-electron chi connectivity index (χ2n) is 3.19. The molecular weight excluding hydrogens is 166 g/mol. The van der Waals surface area contributed by atoms with Crippen molar-refractivity contribution >= 4 is 0 Å². The van der Waals surface area contributed by atoms with Gasteiger partial charge >= 0.3 is 0 Å². The molecule has 0 radical (unpaired) electrons. The third kappa shape index (κ3) is 5.24. The molecule has 1 N–H and O–H groups in total. The first-order valence-electron chi connectivity index (χ1n) is 5.09. The van der Waals surface area contributed by atoms with Crippen LogP contribution in [0.15, 0.2) is 0 Å². The Morgan fingerprint density at radius 1 is 1.08 bits per heavy atom. The molecule has 80 valence electrons. The molecule has 0 aliphatic heterocycles. The number of rotatable bonds is 8. The highest BCUT2D eigenvalue weighted by Crippen LogP contribution is 2.06. The van der Waals surface area contributed by atoms with Crippen molar-refractivity contribution in [1.29, 1.82) is 0 Å². The molecule has 0 aliphatic rings. The molecule has 0 spiro atoms. The van der Waals surface area contributed by atoms with Crippen LogP contribution in [0.25, 0.3) is 0 Å². The van der Waals surface area contributed by atoms with E-state index in [-0.39, 0.29) is 6.29 Å². The van der Waals surface area contributed by atoms with Crippen LogP contribution in [0.5, 0.6) is 0 Å². The van der Waals surface area contributed by atoms with Crippen LogP contribution in [0.2, 0.25) is 0 Å². The molecular formula is C10H23NO2. The van der Waals surface area contributed by atoms with Gasteiger partial charge in [-0.1, -0.05) is 20.3 Å². The van der Waals surface area contributed by atoms with E-state index in [9.17, 15) is 0 Å². The zero-order chi connectivity index (χ0) is 10.1. The van der Waals surface area contributed by atoms with Crippen LogP contribution in [0, 0.1) is 0 Å². The van der Waals surface area contributed by atoms with Gasteiger partial charge in [0, 0.05) is 14.2 Å². The molecule has 0 amide bonds. The Kier molecular flexibility index (Phi) is 8.40. The molecule has 0 bridgehead atoms. The lowest BCUT2D eigenvalue weighted by Gasteiger charge is -2.25. The lowest BCUT2D eigenvalue weighted by Crippen LogP contribution is -2.42. The fraction of sp³-hybridized carbons (Fsp3) is 1.00. The first-order chi connectivity index (χ1) is 6.29. The normalized spacial score (nSPS) is 13.6. The van der Waals surface area contributed by atoms with Crippen molar-refractivity contribution in [2.75, 3.05) is 20.8 Å². The third-order valence-corrected chi connectivity index (χ3v) is 2.05. The Bertz CT molecular complexity index is 105. The van der Waals surface area contributed by atoms with E-state index in [0.717, 1.165) is 25.8 Å². The molecule has 0 aromatic heterocycles. The smallest absolute Gasteiger partial charge is 0.171 e. The Labute approximate surface area is 81.8 Å². The lowest BCUT2D eigenvalue weighted by molar-refractivity contribution is -0.124. The minimum Gasteiger partial charge on any atom is -0.354 e. The highest BCUT2D eigenvalue weighted by atomic mass is 16.7. The van der Waals surface area contributed by atoms with E-state index in [1.54, 1.807) is 14.2 Å². The molecule has 0 aromatic carbocycles. The van der Waals surface area contributed by atoms with Crippen LogP contribution in [0.4, 0.5) is 0 Å². The molecule has 0 saturated heterocycles. The monoisotopic (exact) mass is 189 g/mol. The third-order valence-electron chi connectivity index (χ3n) is 2.05. The Morgan fingerprint density at radius 2 is 1.69 bits per heavy atom. The second kappa shape index (κ2) is 8.48. The van der Waals surface area contributed by atoms with Gasteiger partial charge < -0.3 is 14.8 Å². The molecule has 0 heterocycles. The zero-order valence-corrected chi connectivity index (χ0v) is 9.30. The summed E-state index contributed by atoms with van der Waals surface area (Å²) in [5.41, 5.74) is 0. The van der Waals surface area contributed by atoms with Gasteiger partial charge in [-0.3, -0.25) is 0 Å². The van der Waals surface area contributed by atoms with Crippen molar-refractivity contribution in [1.82, 2.24) is 5.32 Å². The number of ether oxygens (including phenoxy) is 2. The fourth-order valence-corrected chi connectivity index (χ4v) is 1.40. The zero-order valence-electron chi connectivity index (χ0n) is 9.30.